The first-order chi connectivity index (χ1) is 13.6. The fraction of sp³-hybridized carbons (Fsp3) is 0.357. The second kappa shape index (κ2) is 8.86. The Morgan fingerprint density at radius 3 is 2.17 bits per heavy atom. The molecular formula is C14H19N5O8S3. The maximum absolute atomic E-state index is 11.6. The Kier molecular flexibility index (Phi) is 7.10. The molecule has 0 atom stereocenters. The standard InChI is InChI=1S/C14H19N5O8S3/c1-28(20,21)16-6-2-3-12-17-13(19-14(15)18-12)8-9-7-10(29(22,23)24)4-5-11(9)30(25,26)27/h4-5,7,16H,2-3,6,8H2,1H3,(H,22,23,24)(H,25,26,27)(H2,15,17,18,19). The minimum Gasteiger partial charge on any atom is -0.368 e. The summed E-state index contributed by atoms with van der Waals surface area (Å²) in [4.78, 5) is 10.7. The van der Waals surface area contributed by atoms with Crippen molar-refractivity contribution in [1.29, 1.82) is 0 Å². The fourth-order valence-corrected chi connectivity index (χ4v) is 4.21. The summed E-state index contributed by atoms with van der Waals surface area (Å²) in [5.41, 5.74) is 5.44. The van der Waals surface area contributed by atoms with E-state index in [4.69, 9.17) is 5.73 Å². The number of nitrogens with one attached hydrogen (secondary N) is 1. The highest BCUT2D eigenvalue weighted by atomic mass is 32.2. The molecule has 0 aliphatic rings. The molecule has 166 valence electrons. The maximum atomic E-state index is 11.6. The average Bonchev–Trinajstić information content (AvgIpc) is 2.55. The van der Waals surface area contributed by atoms with Gasteiger partial charge in [0.1, 0.15) is 11.6 Å². The summed E-state index contributed by atoms with van der Waals surface area (Å²) in [7, 11) is -12.7. The molecule has 1 heterocycles. The van der Waals surface area contributed by atoms with Gasteiger partial charge in [-0.15, -0.1) is 0 Å². The summed E-state index contributed by atoms with van der Waals surface area (Å²) in [6.45, 7) is 0.128. The second-order valence-electron chi connectivity index (χ2n) is 6.19. The van der Waals surface area contributed by atoms with Crippen LogP contribution in [0.15, 0.2) is 28.0 Å². The predicted octanol–water partition coefficient (Wildman–Crippen LogP) is -0.980. The monoisotopic (exact) mass is 481 g/mol. The number of benzene rings is 1. The Balaban J connectivity index is 2.34. The van der Waals surface area contributed by atoms with Crippen molar-refractivity contribution in [2.24, 2.45) is 0 Å². The SMILES string of the molecule is CS(=O)(=O)NCCCc1nc(N)nc(Cc2cc(S(=O)(=O)O)ccc2S(=O)(=O)O)n1. The van der Waals surface area contributed by atoms with Crippen molar-refractivity contribution in [2.75, 3.05) is 18.5 Å². The molecule has 2 aromatic rings. The zero-order valence-corrected chi connectivity index (χ0v) is 18.0. The van der Waals surface area contributed by atoms with Crippen molar-refractivity contribution in [2.45, 2.75) is 29.1 Å². The molecule has 30 heavy (non-hydrogen) atoms. The summed E-state index contributed by atoms with van der Waals surface area (Å²) >= 11 is 0. The Bertz CT molecular complexity index is 1260. The number of anilines is 1. The number of nitrogens with two attached hydrogens (primary N) is 1. The molecule has 0 amide bonds. The van der Waals surface area contributed by atoms with Crippen LogP contribution in [0.1, 0.15) is 23.6 Å². The van der Waals surface area contributed by atoms with Crippen molar-refractivity contribution in [1.82, 2.24) is 19.7 Å². The normalized spacial score (nSPS) is 12.8. The van der Waals surface area contributed by atoms with E-state index in [-0.39, 0.29) is 42.5 Å². The van der Waals surface area contributed by atoms with Crippen molar-refractivity contribution in [3.05, 3.63) is 35.4 Å². The highest BCUT2D eigenvalue weighted by molar-refractivity contribution is 7.88. The van der Waals surface area contributed by atoms with Crippen LogP contribution in [-0.4, -0.2) is 62.1 Å². The van der Waals surface area contributed by atoms with Gasteiger partial charge in [-0.05, 0) is 30.2 Å². The Hall–Kier alpha value is -2.24. The van der Waals surface area contributed by atoms with Gasteiger partial charge in [0, 0.05) is 19.4 Å². The van der Waals surface area contributed by atoms with E-state index in [1.807, 2.05) is 0 Å². The lowest BCUT2D eigenvalue weighted by Crippen LogP contribution is -2.23. The maximum Gasteiger partial charge on any atom is 0.294 e. The lowest BCUT2D eigenvalue weighted by Gasteiger charge is -2.10. The molecule has 0 spiro atoms. The number of aromatic nitrogens is 3. The first-order valence-electron chi connectivity index (χ1n) is 8.17. The lowest BCUT2D eigenvalue weighted by atomic mass is 10.1. The highest BCUT2D eigenvalue weighted by Crippen LogP contribution is 2.22. The average molecular weight is 482 g/mol. The molecule has 0 aliphatic carbocycles. The number of hydrogen-bond acceptors (Lipinski definition) is 10. The molecule has 16 heteroatoms. The van der Waals surface area contributed by atoms with Gasteiger partial charge in [-0.3, -0.25) is 9.11 Å². The van der Waals surface area contributed by atoms with Crippen molar-refractivity contribution >= 4 is 36.2 Å². The van der Waals surface area contributed by atoms with E-state index in [1.54, 1.807) is 0 Å². The Morgan fingerprint density at radius 2 is 1.60 bits per heavy atom. The quantitative estimate of drug-likeness (QED) is 0.251. The molecule has 0 bridgehead atoms. The van der Waals surface area contributed by atoms with Crippen LogP contribution in [0.25, 0.3) is 0 Å². The van der Waals surface area contributed by atoms with Crippen LogP contribution < -0.4 is 10.5 Å². The number of aryl methyl sites for hydroxylation is 1. The van der Waals surface area contributed by atoms with Gasteiger partial charge in [0.25, 0.3) is 20.2 Å². The first-order valence-corrected chi connectivity index (χ1v) is 12.9. The van der Waals surface area contributed by atoms with Crippen LogP contribution in [0.2, 0.25) is 0 Å². The van der Waals surface area contributed by atoms with Crippen LogP contribution >= 0.6 is 0 Å². The van der Waals surface area contributed by atoms with Gasteiger partial charge in [-0.1, -0.05) is 0 Å². The minimum atomic E-state index is -4.71. The lowest BCUT2D eigenvalue weighted by molar-refractivity contribution is 0.477. The van der Waals surface area contributed by atoms with E-state index in [2.05, 4.69) is 19.7 Å². The van der Waals surface area contributed by atoms with Gasteiger partial charge < -0.3 is 5.73 Å². The summed E-state index contributed by atoms with van der Waals surface area (Å²) in [5.74, 6) is -0.0106. The zero-order chi connectivity index (χ0) is 22.7. The third kappa shape index (κ3) is 7.22. The number of hydrogen-bond donors (Lipinski definition) is 4. The van der Waals surface area contributed by atoms with Gasteiger partial charge >= 0.3 is 0 Å². The third-order valence-electron chi connectivity index (χ3n) is 3.64. The van der Waals surface area contributed by atoms with Gasteiger partial charge in [-0.2, -0.15) is 26.8 Å². The fourth-order valence-electron chi connectivity index (χ4n) is 2.46. The van der Waals surface area contributed by atoms with Crippen LogP contribution in [0.5, 0.6) is 0 Å². The summed E-state index contributed by atoms with van der Waals surface area (Å²) in [6.07, 6.45) is 1.22. The molecule has 0 saturated heterocycles. The Labute approximate surface area is 173 Å². The van der Waals surface area contributed by atoms with E-state index in [9.17, 15) is 34.4 Å². The van der Waals surface area contributed by atoms with E-state index >= 15 is 0 Å². The van der Waals surface area contributed by atoms with Gasteiger partial charge in [-0.25, -0.2) is 18.1 Å². The minimum absolute atomic E-state index is 0.0223. The first kappa shape index (κ1) is 24.0. The Morgan fingerprint density at radius 1 is 0.967 bits per heavy atom. The van der Waals surface area contributed by atoms with E-state index < -0.39 is 40.1 Å². The van der Waals surface area contributed by atoms with Crippen LogP contribution in [0.4, 0.5) is 5.95 Å². The molecule has 0 radical (unpaired) electrons. The summed E-state index contributed by atoms with van der Waals surface area (Å²) in [5, 5.41) is 0. The van der Waals surface area contributed by atoms with Crippen LogP contribution in [0, 0.1) is 0 Å². The topological polar surface area (TPSA) is 220 Å². The molecular weight excluding hydrogens is 462 g/mol. The van der Waals surface area contributed by atoms with E-state index in [0.29, 0.717) is 6.42 Å². The molecule has 13 nitrogen and oxygen atoms in total. The number of nitrogens with zero attached hydrogens (tertiary/aromatic N) is 3. The van der Waals surface area contributed by atoms with Crippen molar-refractivity contribution < 1.29 is 34.4 Å². The van der Waals surface area contributed by atoms with Crippen LogP contribution in [-0.2, 0) is 43.1 Å². The molecule has 5 N–H and O–H groups in total. The largest absolute Gasteiger partial charge is 0.368 e. The van der Waals surface area contributed by atoms with Crippen molar-refractivity contribution in [3.8, 4) is 0 Å². The molecule has 1 aromatic carbocycles. The smallest absolute Gasteiger partial charge is 0.294 e. The van der Waals surface area contributed by atoms with Crippen LogP contribution in [0.3, 0.4) is 0 Å². The summed E-state index contributed by atoms with van der Waals surface area (Å²) < 4.78 is 88.9. The van der Waals surface area contributed by atoms with E-state index in [0.717, 1.165) is 24.5 Å². The molecule has 0 fully saturated rings. The highest BCUT2D eigenvalue weighted by Gasteiger charge is 2.21. The molecule has 1 aromatic heterocycles. The number of nitrogen functional groups attached to an aromatic ring is 1. The van der Waals surface area contributed by atoms with Crippen molar-refractivity contribution in [3.63, 3.8) is 0 Å². The molecule has 2 rings (SSSR count). The summed E-state index contributed by atoms with van der Waals surface area (Å²) in [6, 6.07) is 2.52. The predicted molar refractivity (Wildman–Crippen MR) is 104 cm³/mol. The van der Waals surface area contributed by atoms with Gasteiger partial charge in [0.15, 0.2) is 0 Å². The molecule has 0 saturated carbocycles. The zero-order valence-electron chi connectivity index (χ0n) is 15.5. The van der Waals surface area contributed by atoms with Gasteiger partial charge in [0.05, 0.1) is 16.0 Å². The van der Waals surface area contributed by atoms with E-state index in [1.165, 1.54) is 0 Å². The third-order valence-corrected chi connectivity index (χ3v) is 6.18. The van der Waals surface area contributed by atoms with Gasteiger partial charge in [0.2, 0.25) is 16.0 Å². The number of rotatable bonds is 9. The molecule has 0 aliphatic heterocycles. The molecule has 0 unspecified atom stereocenters. The number of sulfonamides is 1. The second-order valence-corrected chi connectivity index (χ2v) is 10.8.